The van der Waals surface area contributed by atoms with E-state index in [2.05, 4.69) is 9.97 Å². The third kappa shape index (κ3) is 2.13. The number of hydrogen-bond acceptors (Lipinski definition) is 2. The summed E-state index contributed by atoms with van der Waals surface area (Å²) in [5, 5.41) is 0. The van der Waals surface area contributed by atoms with Gasteiger partial charge in [0.25, 0.3) is 5.56 Å². The first kappa shape index (κ1) is 9.65. The van der Waals surface area contributed by atoms with Crippen LogP contribution in [0.3, 0.4) is 0 Å². The highest BCUT2D eigenvalue weighted by atomic mass is 16.1. The fourth-order valence-corrected chi connectivity index (χ4v) is 1.53. The maximum absolute atomic E-state index is 11.1. The van der Waals surface area contributed by atoms with Crippen molar-refractivity contribution < 1.29 is 0 Å². The summed E-state index contributed by atoms with van der Waals surface area (Å²) >= 11 is 0. The number of hydrogen-bond donors (Lipinski definition) is 1. The lowest BCUT2D eigenvalue weighted by Crippen LogP contribution is -2.09. The van der Waals surface area contributed by atoms with Gasteiger partial charge in [0.15, 0.2) is 0 Å². The van der Waals surface area contributed by atoms with Crippen LogP contribution in [0.5, 0.6) is 0 Å². The number of rotatable bonds is 2. The molecular formula is C12H12N2O. The zero-order valence-corrected chi connectivity index (χ0v) is 8.47. The van der Waals surface area contributed by atoms with Gasteiger partial charge < -0.3 is 4.98 Å². The van der Waals surface area contributed by atoms with Gasteiger partial charge in [-0.3, -0.25) is 4.79 Å². The van der Waals surface area contributed by atoms with Gasteiger partial charge in [-0.05, 0) is 5.56 Å². The van der Waals surface area contributed by atoms with Crippen LogP contribution in [-0.4, -0.2) is 9.97 Å². The third-order valence-corrected chi connectivity index (χ3v) is 2.44. The van der Waals surface area contributed by atoms with E-state index in [4.69, 9.17) is 0 Å². The first-order valence-corrected chi connectivity index (χ1v) is 4.87. The molecule has 2 rings (SSSR count). The maximum atomic E-state index is 11.1. The molecule has 1 N–H and O–H groups in total. The fourth-order valence-electron chi connectivity index (χ4n) is 1.53. The first-order valence-electron chi connectivity index (χ1n) is 4.87. The molecule has 0 saturated heterocycles. The number of benzene rings is 1. The quantitative estimate of drug-likeness (QED) is 0.805. The molecule has 0 spiro atoms. The van der Waals surface area contributed by atoms with Crippen LogP contribution in [0.2, 0.25) is 0 Å². The molecule has 1 unspecified atom stereocenters. The van der Waals surface area contributed by atoms with Crippen molar-refractivity contribution in [2.75, 3.05) is 0 Å². The fraction of sp³-hybridized carbons (Fsp3) is 0.167. The molecule has 15 heavy (non-hydrogen) atoms. The van der Waals surface area contributed by atoms with Gasteiger partial charge in [0.05, 0.1) is 12.0 Å². The highest BCUT2D eigenvalue weighted by Gasteiger charge is 2.09. The summed E-state index contributed by atoms with van der Waals surface area (Å²) in [7, 11) is 0. The van der Waals surface area contributed by atoms with Crippen molar-refractivity contribution in [2.45, 2.75) is 12.8 Å². The zero-order chi connectivity index (χ0) is 10.7. The highest BCUT2D eigenvalue weighted by Crippen LogP contribution is 2.20. The predicted octanol–water partition coefficient (Wildman–Crippen LogP) is 1.92. The predicted molar refractivity (Wildman–Crippen MR) is 58.8 cm³/mol. The van der Waals surface area contributed by atoms with Crippen molar-refractivity contribution in [3.63, 3.8) is 0 Å². The van der Waals surface area contributed by atoms with Gasteiger partial charge in [-0.2, -0.15) is 0 Å². The average Bonchev–Trinajstić information content (AvgIpc) is 2.29. The lowest BCUT2D eigenvalue weighted by molar-refractivity contribution is 0.853. The molecule has 0 aliphatic carbocycles. The Balaban J connectivity index is 2.37. The monoisotopic (exact) mass is 200 g/mol. The molecule has 0 radical (unpaired) electrons. The SMILES string of the molecule is CC(c1ccccc1)c1cc(=O)[nH]cn1. The third-order valence-electron chi connectivity index (χ3n) is 2.44. The van der Waals surface area contributed by atoms with E-state index in [1.165, 1.54) is 12.4 Å². The van der Waals surface area contributed by atoms with E-state index in [0.29, 0.717) is 0 Å². The van der Waals surface area contributed by atoms with Gasteiger partial charge in [-0.25, -0.2) is 4.98 Å². The van der Waals surface area contributed by atoms with E-state index in [1.54, 1.807) is 0 Å². The normalized spacial score (nSPS) is 12.3. The van der Waals surface area contributed by atoms with Gasteiger partial charge in [0, 0.05) is 12.0 Å². The Kier molecular flexibility index (Phi) is 2.63. The van der Waals surface area contributed by atoms with E-state index < -0.39 is 0 Å². The average molecular weight is 200 g/mol. The molecule has 1 aromatic heterocycles. The van der Waals surface area contributed by atoms with E-state index >= 15 is 0 Å². The van der Waals surface area contributed by atoms with Gasteiger partial charge in [-0.1, -0.05) is 37.3 Å². The summed E-state index contributed by atoms with van der Waals surface area (Å²) in [5.41, 5.74) is 1.85. The highest BCUT2D eigenvalue weighted by molar-refractivity contribution is 5.26. The lowest BCUT2D eigenvalue weighted by Gasteiger charge is -2.09. The Bertz CT molecular complexity index is 490. The molecule has 0 fully saturated rings. The number of aromatic nitrogens is 2. The maximum Gasteiger partial charge on any atom is 0.250 e. The molecule has 1 aromatic carbocycles. The Hall–Kier alpha value is -1.90. The van der Waals surface area contributed by atoms with Crippen LogP contribution in [0.15, 0.2) is 47.5 Å². The Morgan fingerprint density at radius 2 is 2.00 bits per heavy atom. The van der Waals surface area contributed by atoms with Crippen LogP contribution < -0.4 is 5.56 Å². The van der Waals surface area contributed by atoms with Crippen molar-refractivity contribution in [3.05, 3.63) is 64.3 Å². The summed E-state index contributed by atoms with van der Waals surface area (Å²) in [6.07, 6.45) is 1.44. The largest absolute Gasteiger partial charge is 0.313 e. The molecule has 0 aliphatic heterocycles. The summed E-state index contributed by atoms with van der Waals surface area (Å²) in [4.78, 5) is 17.8. The summed E-state index contributed by atoms with van der Waals surface area (Å²) < 4.78 is 0. The second-order valence-corrected chi connectivity index (χ2v) is 3.47. The molecule has 0 bridgehead atoms. The van der Waals surface area contributed by atoms with E-state index in [0.717, 1.165) is 11.3 Å². The van der Waals surface area contributed by atoms with Gasteiger partial charge >= 0.3 is 0 Å². The van der Waals surface area contributed by atoms with Crippen molar-refractivity contribution in [1.29, 1.82) is 0 Å². The van der Waals surface area contributed by atoms with Crippen LogP contribution in [0.25, 0.3) is 0 Å². The second-order valence-electron chi connectivity index (χ2n) is 3.47. The molecule has 3 nitrogen and oxygen atoms in total. The van der Waals surface area contributed by atoms with E-state index in [-0.39, 0.29) is 11.5 Å². The van der Waals surface area contributed by atoms with Crippen LogP contribution >= 0.6 is 0 Å². The van der Waals surface area contributed by atoms with Gasteiger partial charge in [-0.15, -0.1) is 0 Å². The van der Waals surface area contributed by atoms with Crippen LogP contribution in [0.1, 0.15) is 24.1 Å². The molecule has 2 aromatic rings. The van der Waals surface area contributed by atoms with Crippen molar-refractivity contribution in [2.24, 2.45) is 0 Å². The van der Waals surface area contributed by atoms with E-state index in [1.807, 2.05) is 37.3 Å². The lowest BCUT2D eigenvalue weighted by atomic mass is 9.98. The van der Waals surface area contributed by atoms with Gasteiger partial charge in [0.1, 0.15) is 0 Å². The van der Waals surface area contributed by atoms with Crippen molar-refractivity contribution >= 4 is 0 Å². The minimum absolute atomic E-state index is 0.109. The summed E-state index contributed by atoms with van der Waals surface area (Å²) in [6.45, 7) is 2.04. The number of nitrogens with zero attached hydrogens (tertiary/aromatic N) is 1. The molecule has 0 amide bonds. The minimum atomic E-state index is -0.109. The van der Waals surface area contributed by atoms with Crippen LogP contribution in [0.4, 0.5) is 0 Å². The molecule has 3 heteroatoms. The van der Waals surface area contributed by atoms with Crippen molar-refractivity contribution in [1.82, 2.24) is 9.97 Å². The smallest absolute Gasteiger partial charge is 0.250 e. The summed E-state index contributed by atoms with van der Waals surface area (Å²) in [5.74, 6) is 0.147. The van der Waals surface area contributed by atoms with Crippen LogP contribution in [-0.2, 0) is 0 Å². The van der Waals surface area contributed by atoms with Crippen molar-refractivity contribution in [3.8, 4) is 0 Å². The number of aromatic amines is 1. The zero-order valence-electron chi connectivity index (χ0n) is 8.47. The number of nitrogens with one attached hydrogen (secondary N) is 1. The minimum Gasteiger partial charge on any atom is -0.313 e. The molecule has 1 heterocycles. The molecule has 0 aliphatic rings. The number of H-pyrrole nitrogens is 1. The molecule has 1 atom stereocenters. The van der Waals surface area contributed by atoms with Crippen LogP contribution in [0, 0.1) is 0 Å². The topological polar surface area (TPSA) is 45.8 Å². The molecular weight excluding hydrogens is 188 g/mol. The molecule has 0 saturated carbocycles. The van der Waals surface area contributed by atoms with E-state index in [9.17, 15) is 4.79 Å². The Morgan fingerprint density at radius 1 is 1.27 bits per heavy atom. The second kappa shape index (κ2) is 4.09. The summed E-state index contributed by atoms with van der Waals surface area (Å²) in [6, 6.07) is 11.6. The first-order chi connectivity index (χ1) is 7.27. The Labute approximate surface area is 87.8 Å². The Morgan fingerprint density at radius 3 is 2.67 bits per heavy atom. The van der Waals surface area contributed by atoms with Gasteiger partial charge in [0.2, 0.25) is 0 Å². The standard InChI is InChI=1S/C12H12N2O/c1-9(10-5-3-2-4-6-10)11-7-12(15)14-8-13-11/h2-9H,1H3,(H,13,14,15). The molecule has 76 valence electrons.